The Hall–Kier alpha value is -3.94. The number of nitrogens with one attached hydrogen (secondary N) is 1. The molecule has 4 nitrogen and oxygen atoms in total. The maximum Gasteiger partial charge on any atom is 0.154 e. The van der Waals surface area contributed by atoms with E-state index in [-0.39, 0.29) is 5.78 Å². The average Bonchev–Trinajstić information content (AvgIpc) is 3.32. The number of carbonyl (C=O) groups is 1. The van der Waals surface area contributed by atoms with Crippen molar-refractivity contribution >= 4 is 5.78 Å². The minimum atomic E-state index is -0.554. The van der Waals surface area contributed by atoms with Crippen LogP contribution in [0.3, 0.4) is 0 Å². The number of aromatic nitrogens is 2. The second-order valence-electron chi connectivity index (χ2n) is 7.40. The zero-order valence-corrected chi connectivity index (χ0v) is 17.1. The van der Waals surface area contributed by atoms with Crippen LogP contribution < -0.4 is 5.73 Å². The number of H-pyrrole nitrogens is 1. The molecular weight excluding hydrogens is 382 g/mol. The van der Waals surface area contributed by atoms with Crippen LogP contribution in [0.4, 0.5) is 0 Å². The van der Waals surface area contributed by atoms with Gasteiger partial charge in [-0.1, -0.05) is 66.4 Å². The maximum atomic E-state index is 12.4. The van der Waals surface area contributed by atoms with Crippen LogP contribution in [0, 0.1) is 11.8 Å². The summed E-state index contributed by atoms with van der Waals surface area (Å²) >= 11 is 0. The van der Waals surface area contributed by atoms with Gasteiger partial charge in [-0.15, -0.1) is 0 Å². The molecule has 4 aromatic rings. The predicted octanol–water partition coefficient (Wildman–Crippen LogP) is 4.16. The first-order valence-electron chi connectivity index (χ1n) is 10.2. The number of aromatic amines is 1. The van der Waals surface area contributed by atoms with Crippen LogP contribution >= 0.6 is 0 Å². The average molecular weight is 406 g/mol. The van der Waals surface area contributed by atoms with Crippen molar-refractivity contribution in [3.8, 4) is 23.0 Å². The molecule has 0 unspecified atom stereocenters. The summed E-state index contributed by atoms with van der Waals surface area (Å²) in [6.45, 7) is 0. The quantitative estimate of drug-likeness (QED) is 0.473. The molecule has 1 aromatic heterocycles. The van der Waals surface area contributed by atoms with Gasteiger partial charge in [0.1, 0.15) is 0 Å². The van der Waals surface area contributed by atoms with Gasteiger partial charge < -0.3 is 10.7 Å². The van der Waals surface area contributed by atoms with E-state index in [9.17, 15) is 4.79 Å². The van der Waals surface area contributed by atoms with E-state index in [1.165, 1.54) is 11.1 Å². The standard InChI is InChI=1S/C27H23N3O/c28-26(17-25-18-29-19-30-25)27(31)16-22-10-8-20(9-11-22)6-7-21-12-14-24(15-13-21)23-4-2-1-3-5-23/h1-5,8-15,18-19,26H,16-17,28H2,(H,29,30)/t26-/m0/s1. The fraction of sp³-hybridized carbons (Fsp3) is 0.111. The Morgan fingerprint density at radius 1 is 0.871 bits per heavy atom. The number of Topliss-reactive ketones (excluding diaryl/α,β-unsaturated/α-hetero) is 1. The van der Waals surface area contributed by atoms with Crippen LogP contribution in [-0.2, 0) is 17.6 Å². The van der Waals surface area contributed by atoms with E-state index >= 15 is 0 Å². The highest BCUT2D eigenvalue weighted by Gasteiger charge is 2.15. The Morgan fingerprint density at radius 2 is 1.48 bits per heavy atom. The summed E-state index contributed by atoms with van der Waals surface area (Å²) in [4.78, 5) is 19.4. The number of hydrogen-bond donors (Lipinski definition) is 2. The molecule has 0 fully saturated rings. The van der Waals surface area contributed by atoms with Crippen LogP contribution in [0.5, 0.6) is 0 Å². The molecule has 0 bridgehead atoms. The molecule has 0 radical (unpaired) electrons. The van der Waals surface area contributed by atoms with E-state index < -0.39 is 6.04 Å². The Morgan fingerprint density at radius 3 is 2.10 bits per heavy atom. The third kappa shape index (κ3) is 5.57. The Labute approximate surface area is 182 Å². The van der Waals surface area contributed by atoms with Gasteiger partial charge in [-0.25, -0.2) is 4.98 Å². The minimum Gasteiger partial charge on any atom is -0.351 e. The lowest BCUT2D eigenvalue weighted by atomic mass is 10.00. The summed E-state index contributed by atoms with van der Waals surface area (Å²) in [6.07, 6.45) is 4.09. The zero-order valence-electron chi connectivity index (χ0n) is 17.1. The number of benzene rings is 3. The first kappa shape index (κ1) is 20.3. The van der Waals surface area contributed by atoms with E-state index in [2.05, 4.69) is 46.1 Å². The van der Waals surface area contributed by atoms with E-state index in [4.69, 9.17) is 5.73 Å². The molecule has 152 valence electrons. The highest BCUT2D eigenvalue weighted by Crippen LogP contribution is 2.19. The van der Waals surface area contributed by atoms with E-state index in [1.54, 1.807) is 12.5 Å². The Kier molecular flexibility index (Phi) is 6.37. The second kappa shape index (κ2) is 9.71. The molecule has 0 saturated carbocycles. The highest BCUT2D eigenvalue weighted by atomic mass is 16.1. The molecule has 3 aromatic carbocycles. The largest absolute Gasteiger partial charge is 0.351 e. The predicted molar refractivity (Wildman–Crippen MR) is 123 cm³/mol. The fourth-order valence-corrected chi connectivity index (χ4v) is 3.30. The molecule has 1 heterocycles. The van der Waals surface area contributed by atoms with Crippen molar-refractivity contribution in [3.63, 3.8) is 0 Å². The number of rotatable bonds is 6. The van der Waals surface area contributed by atoms with Gasteiger partial charge in [-0.05, 0) is 41.0 Å². The number of nitrogens with two attached hydrogens (primary N) is 1. The Bertz CT molecular complexity index is 1180. The number of ketones is 1. The van der Waals surface area contributed by atoms with Crippen LogP contribution in [-0.4, -0.2) is 21.8 Å². The third-order valence-corrected chi connectivity index (χ3v) is 5.07. The van der Waals surface area contributed by atoms with Crippen molar-refractivity contribution in [1.82, 2.24) is 9.97 Å². The van der Waals surface area contributed by atoms with Crippen LogP contribution in [0.25, 0.3) is 11.1 Å². The second-order valence-corrected chi connectivity index (χ2v) is 7.40. The van der Waals surface area contributed by atoms with Gasteiger partial charge in [0.05, 0.1) is 18.1 Å². The van der Waals surface area contributed by atoms with Crippen molar-refractivity contribution in [2.45, 2.75) is 18.9 Å². The summed E-state index contributed by atoms with van der Waals surface area (Å²) in [7, 11) is 0. The number of hydrogen-bond acceptors (Lipinski definition) is 3. The minimum absolute atomic E-state index is 0.000315. The molecule has 0 aliphatic heterocycles. The van der Waals surface area contributed by atoms with Crippen molar-refractivity contribution in [3.05, 3.63) is 114 Å². The topological polar surface area (TPSA) is 71.8 Å². The van der Waals surface area contributed by atoms with Gasteiger partial charge >= 0.3 is 0 Å². The van der Waals surface area contributed by atoms with Gasteiger partial charge in [0.2, 0.25) is 0 Å². The smallest absolute Gasteiger partial charge is 0.154 e. The molecule has 0 aliphatic carbocycles. The SMILES string of the molecule is N[C@@H](Cc1c[nH]cn1)C(=O)Cc1ccc(C#Cc2ccc(-c3ccccc3)cc2)cc1. The van der Waals surface area contributed by atoms with Gasteiger partial charge in [-0.3, -0.25) is 4.79 Å². The van der Waals surface area contributed by atoms with Crippen molar-refractivity contribution in [2.24, 2.45) is 5.73 Å². The van der Waals surface area contributed by atoms with E-state index in [0.29, 0.717) is 12.8 Å². The highest BCUT2D eigenvalue weighted by molar-refractivity contribution is 5.86. The molecule has 0 spiro atoms. The van der Waals surface area contributed by atoms with E-state index in [0.717, 1.165) is 22.4 Å². The normalized spacial score (nSPS) is 11.4. The first-order valence-corrected chi connectivity index (χ1v) is 10.2. The summed E-state index contributed by atoms with van der Waals surface area (Å²) in [5.41, 5.74) is 12.0. The molecule has 3 N–H and O–H groups in total. The van der Waals surface area contributed by atoms with Crippen molar-refractivity contribution < 1.29 is 4.79 Å². The lowest BCUT2D eigenvalue weighted by Crippen LogP contribution is -2.34. The van der Waals surface area contributed by atoms with Gasteiger partial charge in [-0.2, -0.15) is 0 Å². The molecule has 1 atom stereocenters. The Balaban J connectivity index is 1.36. The lowest BCUT2D eigenvalue weighted by molar-refractivity contribution is -0.119. The number of nitrogens with zero attached hydrogens (tertiary/aromatic N) is 1. The number of carbonyl (C=O) groups excluding carboxylic acids is 1. The number of imidazole rings is 1. The van der Waals surface area contributed by atoms with Gasteiger partial charge in [0, 0.05) is 30.2 Å². The molecule has 4 heteroatoms. The summed E-state index contributed by atoms with van der Waals surface area (Å²) in [5.74, 6) is 6.38. The zero-order chi connectivity index (χ0) is 21.5. The van der Waals surface area contributed by atoms with Crippen molar-refractivity contribution in [2.75, 3.05) is 0 Å². The van der Waals surface area contributed by atoms with Gasteiger partial charge in [0.15, 0.2) is 5.78 Å². The lowest BCUT2D eigenvalue weighted by Gasteiger charge is -2.09. The first-order chi connectivity index (χ1) is 15.2. The molecule has 0 aliphatic rings. The van der Waals surface area contributed by atoms with Gasteiger partial charge in [0.25, 0.3) is 0 Å². The summed E-state index contributed by atoms with van der Waals surface area (Å²) < 4.78 is 0. The monoisotopic (exact) mass is 405 g/mol. The summed E-state index contributed by atoms with van der Waals surface area (Å²) in [6, 6.07) is 25.7. The van der Waals surface area contributed by atoms with Crippen LogP contribution in [0.15, 0.2) is 91.4 Å². The van der Waals surface area contributed by atoms with E-state index in [1.807, 2.05) is 54.6 Å². The molecule has 0 amide bonds. The fourth-order valence-electron chi connectivity index (χ4n) is 3.30. The van der Waals surface area contributed by atoms with Crippen LogP contribution in [0.2, 0.25) is 0 Å². The molecule has 4 rings (SSSR count). The third-order valence-electron chi connectivity index (χ3n) is 5.07. The maximum absolute atomic E-state index is 12.4. The molecular formula is C27H23N3O. The van der Waals surface area contributed by atoms with Crippen molar-refractivity contribution in [1.29, 1.82) is 0 Å². The summed E-state index contributed by atoms with van der Waals surface area (Å²) in [5, 5.41) is 0. The molecule has 31 heavy (non-hydrogen) atoms. The molecule has 0 saturated heterocycles. The van der Waals surface area contributed by atoms with Crippen LogP contribution in [0.1, 0.15) is 22.4 Å².